The molecule has 0 atom stereocenters. The first-order valence-electron chi connectivity index (χ1n) is 6.65. The minimum Gasteiger partial charge on any atom is -0.311 e. The third kappa shape index (κ3) is 3.64. The summed E-state index contributed by atoms with van der Waals surface area (Å²) in [5.41, 5.74) is 2.39. The quantitative estimate of drug-likeness (QED) is 0.477. The molecule has 1 aromatic carbocycles. The van der Waals surface area contributed by atoms with Crippen LogP contribution >= 0.6 is 0 Å². The maximum atomic E-state index is 10.5. The monoisotopic (exact) mass is 274 g/mol. The number of nitro groups is 1. The Bertz CT molecular complexity index is 563. The highest BCUT2D eigenvalue weighted by Crippen LogP contribution is 2.11. The molecule has 0 aliphatic carbocycles. The molecule has 0 saturated heterocycles. The largest absolute Gasteiger partial charge is 0.311 e. The van der Waals surface area contributed by atoms with Gasteiger partial charge >= 0.3 is 0 Å². The Hall–Kier alpha value is -2.21. The van der Waals surface area contributed by atoms with Gasteiger partial charge in [0, 0.05) is 31.4 Å². The molecular formula is C14H18N4O2. The first kappa shape index (κ1) is 14.2. The molecule has 0 aliphatic rings. The molecule has 6 heteroatoms. The van der Waals surface area contributed by atoms with Gasteiger partial charge in [0.1, 0.15) is 0 Å². The van der Waals surface area contributed by atoms with Crippen LogP contribution < -0.4 is 5.32 Å². The molecule has 2 aromatic rings. The molecule has 0 saturated carbocycles. The molecular weight excluding hydrogens is 256 g/mol. The van der Waals surface area contributed by atoms with E-state index in [1.165, 1.54) is 0 Å². The van der Waals surface area contributed by atoms with E-state index in [1.807, 2.05) is 10.7 Å². The van der Waals surface area contributed by atoms with Crippen molar-refractivity contribution in [3.63, 3.8) is 0 Å². The summed E-state index contributed by atoms with van der Waals surface area (Å²) in [5.74, 6) is 0. The molecule has 1 heterocycles. The molecule has 0 bridgehead atoms. The van der Waals surface area contributed by atoms with E-state index < -0.39 is 0 Å². The van der Waals surface area contributed by atoms with E-state index in [9.17, 15) is 10.1 Å². The fourth-order valence-electron chi connectivity index (χ4n) is 2.03. The Morgan fingerprint density at radius 3 is 2.70 bits per heavy atom. The van der Waals surface area contributed by atoms with Gasteiger partial charge in [0.15, 0.2) is 0 Å². The topological polar surface area (TPSA) is 73.0 Å². The normalized spacial score (nSPS) is 10.7. The Morgan fingerprint density at radius 1 is 1.30 bits per heavy atom. The molecule has 20 heavy (non-hydrogen) atoms. The van der Waals surface area contributed by atoms with Gasteiger partial charge < -0.3 is 5.32 Å². The van der Waals surface area contributed by atoms with Crippen molar-refractivity contribution in [1.82, 2.24) is 15.1 Å². The van der Waals surface area contributed by atoms with Gasteiger partial charge in [0.25, 0.3) is 5.69 Å². The molecule has 0 spiro atoms. The van der Waals surface area contributed by atoms with Crippen LogP contribution in [0, 0.1) is 10.1 Å². The summed E-state index contributed by atoms with van der Waals surface area (Å²) in [4.78, 5) is 10.2. The van der Waals surface area contributed by atoms with Crippen LogP contribution in [0.5, 0.6) is 0 Å². The molecule has 0 radical (unpaired) electrons. The molecule has 6 nitrogen and oxygen atoms in total. The predicted molar refractivity (Wildman–Crippen MR) is 76.4 cm³/mol. The number of hydrogen-bond donors (Lipinski definition) is 1. The van der Waals surface area contributed by atoms with Crippen molar-refractivity contribution in [1.29, 1.82) is 0 Å². The average Bonchev–Trinajstić information content (AvgIpc) is 2.91. The van der Waals surface area contributed by atoms with Gasteiger partial charge in [-0.3, -0.25) is 14.8 Å². The minimum absolute atomic E-state index is 0.133. The molecule has 0 aliphatic heterocycles. The predicted octanol–water partition coefficient (Wildman–Crippen LogP) is 2.14. The number of aromatic nitrogens is 2. The second-order valence-electron chi connectivity index (χ2n) is 4.49. The summed E-state index contributed by atoms with van der Waals surface area (Å²) in [6, 6.07) is 8.69. The van der Waals surface area contributed by atoms with Gasteiger partial charge in [-0.1, -0.05) is 12.1 Å². The van der Waals surface area contributed by atoms with Crippen molar-refractivity contribution >= 4 is 5.69 Å². The van der Waals surface area contributed by atoms with E-state index in [0.29, 0.717) is 0 Å². The van der Waals surface area contributed by atoms with Crippen molar-refractivity contribution in [2.45, 2.75) is 26.4 Å². The summed E-state index contributed by atoms with van der Waals surface area (Å²) < 4.78 is 1.96. The SMILES string of the molecule is CCn1nccc1CNCCc1ccc([N+](=O)[O-])cc1. The lowest BCUT2D eigenvalue weighted by molar-refractivity contribution is -0.384. The van der Waals surface area contributed by atoms with Crippen LogP contribution in [0.1, 0.15) is 18.2 Å². The standard InChI is InChI=1S/C14H18N4O2/c1-2-17-14(8-10-16-17)11-15-9-7-12-3-5-13(6-4-12)18(19)20/h3-6,8,10,15H,2,7,9,11H2,1H3. The van der Waals surface area contributed by atoms with Crippen LogP contribution in [0.25, 0.3) is 0 Å². The zero-order valence-corrected chi connectivity index (χ0v) is 11.5. The van der Waals surface area contributed by atoms with Crippen molar-refractivity contribution in [2.24, 2.45) is 0 Å². The molecule has 0 amide bonds. The summed E-state index contributed by atoms with van der Waals surface area (Å²) in [6.45, 7) is 4.53. The number of hydrogen-bond acceptors (Lipinski definition) is 4. The number of rotatable bonds is 7. The summed E-state index contributed by atoms with van der Waals surface area (Å²) in [6.07, 6.45) is 2.65. The van der Waals surface area contributed by atoms with Gasteiger partial charge in [-0.15, -0.1) is 0 Å². The van der Waals surface area contributed by atoms with Crippen molar-refractivity contribution in [3.8, 4) is 0 Å². The molecule has 106 valence electrons. The number of nitro benzene ring substituents is 1. The smallest absolute Gasteiger partial charge is 0.269 e. The molecule has 2 rings (SSSR count). The minimum atomic E-state index is -0.381. The second kappa shape index (κ2) is 6.81. The van der Waals surface area contributed by atoms with E-state index in [0.717, 1.165) is 37.3 Å². The van der Waals surface area contributed by atoms with Crippen molar-refractivity contribution in [3.05, 3.63) is 57.9 Å². The Labute approximate surface area is 117 Å². The summed E-state index contributed by atoms with van der Waals surface area (Å²) in [7, 11) is 0. The lowest BCUT2D eigenvalue weighted by Gasteiger charge is -2.07. The molecule has 0 unspecified atom stereocenters. The van der Waals surface area contributed by atoms with Crippen LogP contribution in [-0.2, 0) is 19.5 Å². The average molecular weight is 274 g/mol. The van der Waals surface area contributed by atoms with E-state index in [2.05, 4.69) is 17.3 Å². The zero-order valence-electron chi connectivity index (χ0n) is 11.5. The first-order valence-corrected chi connectivity index (χ1v) is 6.65. The number of nitrogens with zero attached hydrogens (tertiary/aromatic N) is 3. The van der Waals surface area contributed by atoms with E-state index in [-0.39, 0.29) is 10.6 Å². The van der Waals surface area contributed by atoms with E-state index >= 15 is 0 Å². The van der Waals surface area contributed by atoms with Crippen LogP contribution in [0.3, 0.4) is 0 Å². The van der Waals surface area contributed by atoms with Crippen molar-refractivity contribution < 1.29 is 4.92 Å². The number of aryl methyl sites for hydroxylation is 1. The Morgan fingerprint density at radius 2 is 2.05 bits per heavy atom. The van der Waals surface area contributed by atoms with Crippen LogP contribution in [0.2, 0.25) is 0 Å². The summed E-state index contributed by atoms with van der Waals surface area (Å²) in [5, 5.41) is 18.1. The van der Waals surface area contributed by atoms with E-state index in [1.54, 1.807) is 30.5 Å². The third-order valence-electron chi connectivity index (χ3n) is 3.15. The maximum absolute atomic E-state index is 10.5. The highest BCUT2D eigenvalue weighted by atomic mass is 16.6. The highest BCUT2D eigenvalue weighted by molar-refractivity contribution is 5.32. The Balaban J connectivity index is 1.77. The lowest BCUT2D eigenvalue weighted by atomic mass is 10.1. The van der Waals surface area contributed by atoms with Crippen LogP contribution in [0.15, 0.2) is 36.5 Å². The van der Waals surface area contributed by atoms with Crippen molar-refractivity contribution in [2.75, 3.05) is 6.54 Å². The van der Waals surface area contributed by atoms with Gasteiger partial charge in [-0.2, -0.15) is 5.10 Å². The zero-order chi connectivity index (χ0) is 14.4. The highest BCUT2D eigenvalue weighted by Gasteiger charge is 2.04. The number of benzene rings is 1. The van der Waals surface area contributed by atoms with Gasteiger partial charge in [-0.25, -0.2) is 0 Å². The summed E-state index contributed by atoms with van der Waals surface area (Å²) >= 11 is 0. The lowest BCUT2D eigenvalue weighted by Crippen LogP contribution is -2.19. The maximum Gasteiger partial charge on any atom is 0.269 e. The van der Waals surface area contributed by atoms with Gasteiger partial charge in [0.2, 0.25) is 0 Å². The van der Waals surface area contributed by atoms with Gasteiger partial charge in [-0.05, 0) is 31.5 Å². The number of non-ortho nitro benzene ring substituents is 1. The Kier molecular flexibility index (Phi) is 4.84. The fraction of sp³-hybridized carbons (Fsp3) is 0.357. The van der Waals surface area contributed by atoms with E-state index in [4.69, 9.17) is 0 Å². The molecule has 1 aromatic heterocycles. The molecule has 0 fully saturated rings. The van der Waals surface area contributed by atoms with Gasteiger partial charge in [0.05, 0.1) is 10.6 Å². The second-order valence-corrected chi connectivity index (χ2v) is 4.49. The van der Waals surface area contributed by atoms with Crippen LogP contribution in [0.4, 0.5) is 5.69 Å². The molecule has 1 N–H and O–H groups in total. The van der Waals surface area contributed by atoms with Crippen LogP contribution in [-0.4, -0.2) is 21.2 Å². The number of nitrogens with one attached hydrogen (secondary N) is 1. The first-order chi connectivity index (χ1) is 9.70. The third-order valence-corrected chi connectivity index (χ3v) is 3.15. The fourth-order valence-corrected chi connectivity index (χ4v) is 2.03.